The Bertz CT molecular complexity index is 599. The first-order valence-corrected chi connectivity index (χ1v) is 9.81. The van der Waals surface area contributed by atoms with Crippen molar-refractivity contribution in [1.29, 1.82) is 0 Å². The second kappa shape index (κ2) is 5.82. The summed E-state index contributed by atoms with van der Waals surface area (Å²) in [5.74, 6) is 1.23. The summed E-state index contributed by atoms with van der Waals surface area (Å²) in [7, 11) is 0. The van der Waals surface area contributed by atoms with E-state index in [2.05, 4.69) is 49.8 Å². The van der Waals surface area contributed by atoms with Gasteiger partial charge in [-0.2, -0.15) is 0 Å². The van der Waals surface area contributed by atoms with E-state index in [1.165, 1.54) is 49.8 Å². The predicted molar refractivity (Wildman–Crippen MR) is 98.6 cm³/mol. The average molecular weight is 409 g/mol. The van der Waals surface area contributed by atoms with Crippen LogP contribution in [0.1, 0.15) is 43.2 Å². The first kappa shape index (κ1) is 15.0. The van der Waals surface area contributed by atoms with Crippen LogP contribution in [0.25, 0.3) is 0 Å². The van der Waals surface area contributed by atoms with Gasteiger partial charge in [0.05, 0.1) is 0 Å². The number of likely N-dealkylation sites (tertiary alicyclic amines) is 1. The van der Waals surface area contributed by atoms with Crippen LogP contribution in [0.15, 0.2) is 28.4 Å². The molecule has 2 fully saturated rings. The molecule has 3 heteroatoms. The van der Waals surface area contributed by atoms with Gasteiger partial charge in [0.1, 0.15) is 5.75 Å². The highest BCUT2D eigenvalue weighted by molar-refractivity contribution is 14.1. The third kappa shape index (κ3) is 2.23. The summed E-state index contributed by atoms with van der Waals surface area (Å²) in [5, 5.41) is 10.0. The van der Waals surface area contributed by atoms with Gasteiger partial charge in [0.25, 0.3) is 0 Å². The molecule has 118 valence electrons. The number of halogens is 1. The molecule has 0 spiro atoms. The van der Waals surface area contributed by atoms with Crippen molar-refractivity contribution in [1.82, 2.24) is 4.90 Å². The predicted octanol–water partition coefficient (Wildman–Crippen LogP) is 4.40. The molecule has 1 heterocycles. The third-order valence-electron chi connectivity index (χ3n) is 6.36. The van der Waals surface area contributed by atoms with E-state index in [0.29, 0.717) is 17.2 Å². The van der Waals surface area contributed by atoms with Crippen LogP contribution in [0.2, 0.25) is 0 Å². The Morgan fingerprint density at radius 3 is 3.09 bits per heavy atom. The van der Waals surface area contributed by atoms with Gasteiger partial charge in [0.2, 0.25) is 0 Å². The molecule has 4 rings (SSSR count). The van der Waals surface area contributed by atoms with Crippen molar-refractivity contribution in [2.24, 2.45) is 5.92 Å². The first-order valence-electron chi connectivity index (χ1n) is 8.56. The molecule has 1 saturated heterocycles. The highest BCUT2D eigenvalue weighted by atomic mass is 127. The van der Waals surface area contributed by atoms with Crippen LogP contribution in [0, 0.1) is 5.92 Å². The number of rotatable bonds is 2. The fourth-order valence-electron chi connectivity index (χ4n) is 5.47. The Morgan fingerprint density at radius 1 is 1.32 bits per heavy atom. The van der Waals surface area contributed by atoms with Crippen molar-refractivity contribution in [3.8, 4) is 5.75 Å². The number of phenolic OH excluding ortho intramolecular Hbond substituents is 1. The standard InChI is InChI=1S/C19H24INO/c20-9-3-10-21-11-8-19-7-2-1-4-16(19)18(21)12-14-5-6-15(22)13-17(14)19/h3,5-6,9,13,16,18,22H,1-2,4,7-8,10-12H2/t16-,18+,19+/m0/s1. The smallest absolute Gasteiger partial charge is 0.115 e. The van der Waals surface area contributed by atoms with Crippen molar-refractivity contribution in [2.45, 2.75) is 50.0 Å². The van der Waals surface area contributed by atoms with E-state index >= 15 is 0 Å². The molecule has 22 heavy (non-hydrogen) atoms. The van der Waals surface area contributed by atoms with Gasteiger partial charge in [-0.3, -0.25) is 4.90 Å². The molecule has 0 radical (unpaired) electrons. The van der Waals surface area contributed by atoms with Gasteiger partial charge in [0.15, 0.2) is 0 Å². The lowest BCUT2D eigenvalue weighted by atomic mass is 9.52. The summed E-state index contributed by atoms with van der Waals surface area (Å²) in [5.41, 5.74) is 3.32. The third-order valence-corrected chi connectivity index (χ3v) is 6.87. The van der Waals surface area contributed by atoms with Gasteiger partial charge in [-0.25, -0.2) is 0 Å². The van der Waals surface area contributed by atoms with Crippen molar-refractivity contribution in [3.05, 3.63) is 39.5 Å². The molecular weight excluding hydrogens is 385 g/mol. The Kier molecular flexibility index (Phi) is 3.97. The Morgan fingerprint density at radius 2 is 2.23 bits per heavy atom. The fourth-order valence-corrected chi connectivity index (χ4v) is 5.70. The van der Waals surface area contributed by atoms with Gasteiger partial charge >= 0.3 is 0 Å². The van der Waals surface area contributed by atoms with Crippen molar-refractivity contribution < 1.29 is 5.11 Å². The molecular formula is C19H24INO. The van der Waals surface area contributed by atoms with Crippen LogP contribution in [0.4, 0.5) is 0 Å². The molecule has 3 aliphatic rings. The summed E-state index contributed by atoms with van der Waals surface area (Å²) in [4.78, 5) is 2.71. The zero-order valence-corrected chi connectivity index (χ0v) is 15.1. The second-order valence-electron chi connectivity index (χ2n) is 7.23. The summed E-state index contributed by atoms with van der Waals surface area (Å²) in [6.45, 7) is 2.30. The molecule has 0 amide bonds. The number of phenols is 1. The number of fused-ring (bicyclic) bond motifs is 1. The van der Waals surface area contributed by atoms with Gasteiger partial charge < -0.3 is 5.11 Å². The van der Waals surface area contributed by atoms with E-state index in [4.69, 9.17) is 0 Å². The molecule has 0 unspecified atom stereocenters. The molecule has 2 bridgehead atoms. The molecule has 1 saturated carbocycles. The Labute approximate surface area is 146 Å². The van der Waals surface area contributed by atoms with Crippen LogP contribution in [-0.4, -0.2) is 29.1 Å². The maximum absolute atomic E-state index is 10.0. The van der Waals surface area contributed by atoms with E-state index in [1.54, 1.807) is 0 Å². The molecule has 2 aliphatic carbocycles. The molecule has 1 N–H and O–H groups in total. The monoisotopic (exact) mass is 409 g/mol. The SMILES string of the molecule is Oc1ccc2c(c1)[C@@]13CCCC[C@H]1[C@@H](C2)N(CC=CI)CC3. The largest absolute Gasteiger partial charge is 0.508 e. The van der Waals surface area contributed by atoms with E-state index in [-0.39, 0.29) is 0 Å². The summed E-state index contributed by atoms with van der Waals surface area (Å²) in [6, 6.07) is 6.84. The van der Waals surface area contributed by atoms with E-state index < -0.39 is 0 Å². The number of aromatic hydroxyl groups is 1. The number of piperidine rings is 1. The first-order chi connectivity index (χ1) is 10.7. The van der Waals surface area contributed by atoms with Crippen LogP contribution in [0.5, 0.6) is 5.75 Å². The van der Waals surface area contributed by atoms with Crippen molar-refractivity contribution in [2.75, 3.05) is 13.1 Å². The lowest BCUT2D eigenvalue weighted by Gasteiger charge is -2.59. The lowest BCUT2D eigenvalue weighted by molar-refractivity contribution is -0.00518. The molecule has 1 aromatic carbocycles. The highest BCUT2D eigenvalue weighted by Crippen LogP contribution is 2.56. The average Bonchev–Trinajstić information content (AvgIpc) is 2.55. The minimum atomic E-state index is 0.347. The molecule has 2 nitrogen and oxygen atoms in total. The molecule has 1 aliphatic heterocycles. The zero-order chi connectivity index (χ0) is 15.2. The topological polar surface area (TPSA) is 23.5 Å². The number of hydrogen-bond donors (Lipinski definition) is 1. The second-order valence-corrected chi connectivity index (χ2v) is 7.95. The van der Waals surface area contributed by atoms with Gasteiger partial charge in [-0.15, -0.1) is 0 Å². The Hall–Kier alpha value is -0.550. The highest BCUT2D eigenvalue weighted by Gasteiger charge is 2.53. The van der Waals surface area contributed by atoms with Crippen LogP contribution in [0.3, 0.4) is 0 Å². The van der Waals surface area contributed by atoms with Crippen LogP contribution < -0.4 is 0 Å². The molecule has 1 aromatic rings. The number of hydrogen-bond acceptors (Lipinski definition) is 2. The maximum Gasteiger partial charge on any atom is 0.115 e. The quantitative estimate of drug-likeness (QED) is 0.733. The van der Waals surface area contributed by atoms with Crippen molar-refractivity contribution >= 4 is 22.6 Å². The van der Waals surface area contributed by atoms with Gasteiger partial charge in [-0.05, 0) is 65.5 Å². The number of benzene rings is 1. The molecule has 3 atom stereocenters. The number of nitrogens with zero attached hydrogens (tertiary/aromatic N) is 1. The van der Waals surface area contributed by atoms with Crippen LogP contribution in [-0.2, 0) is 11.8 Å². The van der Waals surface area contributed by atoms with Gasteiger partial charge in [0, 0.05) is 18.0 Å². The minimum Gasteiger partial charge on any atom is -0.508 e. The van der Waals surface area contributed by atoms with E-state index in [1.807, 2.05) is 6.07 Å². The lowest BCUT2D eigenvalue weighted by Crippen LogP contribution is -2.60. The van der Waals surface area contributed by atoms with Gasteiger partial charge in [-0.1, -0.05) is 47.6 Å². The molecule has 0 aromatic heterocycles. The summed E-state index contributed by atoms with van der Waals surface area (Å²) < 4.78 is 2.15. The summed E-state index contributed by atoms with van der Waals surface area (Å²) in [6.07, 6.45) is 10.1. The maximum atomic E-state index is 10.0. The van der Waals surface area contributed by atoms with E-state index in [0.717, 1.165) is 18.9 Å². The van der Waals surface area contributed by atoms with E-state index in [9.17, 15) is 5.11 Å². The Balaban J connectivity index is 1.78. The van der Waals surface area contributed by atoms with Crippen molar-refractivity contribution in [3.63, 3.8) is 0 Å². The fraction of sp³-hybridized carbons (Fsp3) is 0.579. The zero-order valence-electron chi connectivity index (χ0n) is 13.0. The summed E-state index contributed by atoms with van der Waals surface area (Å²) >= 11 is 2.33. The minimum absolute atomic E-state index is 0.347. The van der Waals surface area contributed by atoms with Crippen LogP contribution >= 0.6 is 22.6 Å². The normalized spacial score (nSPS) is 34.4.